The Labute approximate surface area is 302 Å². The summed E-state index contributed by atoms with van der Waals surface area (Å²) in [6.45, 7) is 3.30. The third-order valence-corrected chi connectivity index (χ3v) is 9.96. The van der Waals surface area contributed by atoms with E-state index in [1.165, 1.54) is 16.7 Å². The number of pyridine rings is 2. The van der Waals surface area contributed by atoms with Crippen LogP contribution in [0.1, 0.15) is 48.9 Å². The lowest BCUT2D eigenvalue weighted by Crippen LogP contribution is -2.23. The number of benzene rings is 4. The molecule has 2 aliphatic carbocycles. The summed E-state index contributed by atoms with van der Waals surface area (Å²) in [7, 11) is 0. The largest absolute Gasteiger partial charge is 0.505 e. The molecule has 2 fully saturated rings. The fraction of sp³-hybridized carbons (Fsp3) is 0.211. The molecule has 2 aromatic heterocycles. The van der Waals surface area contributed by atoms with Gasteiger partial charge in [0.1, 0.15) is 29.0 Å². The van der Waals surface area contributed by atoms with Crippen molar-refractivity contribution < 1.29 is 32.7 Å². The van der Waals surface area contributed by atoms with Crippen molar-refractivity contribution in [1.82, 2.24) is 9.13 Å². The molecular formula is C38H32F4N6O6. The standard InChI is InChI=1S/C19H15F2N3O4.C19H17F2N3O2/c1-8-10(12-6-14(21)15(22)7-13(12)20)4-5-11-16(8)23(9-2-3-9)19(26)17(18(11)25)24(27)28;1-8-10(12-6-14(21)15(22)7-13(12)20)4-5-11-17(8)24(9-2-3-9)19(26)16(23)18(11)25/h4-7,9,25H,2-3,22H2,1H3;4-7,9,25H,2-3,22-23H2,1H3. The second-order valence-corrected chi connectivity index (χ2v) is 13.5. The Morgan fingerprint density at radius 3 is 1.46 bits per heavy atom. The van der Waals surface area contributed by atoms with Crippen LogP contribution in [0.25, 0.3) is 44.1 Å². The van der Waals surface area contributed by atoms with E-state index in [-0.39, 0.29) is 56.9 Å². The topological polar surface area (TPSA) is 206 Å². The fourth-order valence-electron chi connectivity index (χ4n) is 6.97. The summed E-state index contributed by atoms with van der Waals surface area (Å²) in [4.78, 5) is 35.7. The van der Waals surface area contributed by atoms with E-state index >= 15 is 0 Å². The van der Waals surface area contributed by atoms with E-state index in [4.69, 9.17) is 17.2 Å². The Kier molecular flexibility index (Phi) is 8.50. The van der Waals surface area contributed by atoms with Crippen molar-refractivity contribution in [3.05, 3.63) is 114 Å². The number of nitrogens with zero attached hydrogens (tertiary/aromatic N) is 3. The summed E-state index contributed by atoms with van der Waals surface area (Å²) in [5.41, 5.74) is 15.9. The normalized spacial score (nSPS) is 14.0. The molecule has 278 valence electrons. The predicted octanol–water partition coefficient (Wildman–Crippen LogP) is 7.25. The summed E-state index contributed by atoms with van der Waals surface area (Å²) >= 11 is 0. The van der Waals surface area contributed by atoms with E-state index in [1.54, 1.807) is 30.5 Å². The molecule has 12 nitrogen and oxygen atoms in total. The molecular weight excluding hydrogens is 712 g/mol. The zero-order valence-electron chi connectivity index (χ0n) is 28.7. The molecule has 0 atom stereocenters. The van der Waals surface area contributed by atoms with Crippen LogP contribution in [0.5, 0.6) is 11.5 Å². The highest BCUT2D eigenvalue weighted by Crippen LogP contribution is 2.44. The van der Waals surface area contributed by atoms with Gasteiger partial charge in [-0.15, -0.1) is 0 Å². The maximum Gasteiger partial charge on any atom is 0.375 e. The lowest BCUT2D eigenvalue weighted by atomic mass is 9.96. The number of nitro groups is 1. The van der Waals surface area contributed by atoms with Crippen LogP contribution in [0.3, 0.4) is 0 Å². The summed E-state index contributed by atoms with van der Waals surface area (Å²) in [6.07, 6.45) is 2.97. The number of fused-ring (bicyclic) bond motifs is 2. The van der Waals surface area contributed by atoms with Crippen LogP contribution in [-0.4, -0.2) is 24.3 Å². The van der Waals surface area contributed by atoms with Crippen molar-refractivity contribution in [3.63, 3.8) is 0 Å². The van der Waals surface area contributed by atoms with Crippen molar-refractivity contribution in [1.29, 1.82) is 0 Å². The zero-order valence-corrected chi connectivity index (χ0v) is 28.7. The molecule has 0 aliphatic heterocycles. The van der Waals surface area contributed by atoms with Crippen molar-refractivity contribution >= 4 is 44.6 Å². The van der Waals surface area contributed by atoms with E-state index in [9.17, 15) is 47.5 Å². The molecule has 0 amide bonds. The first-order valence-electron chi connectivity index (χ1n) is 16.7. The maximum absolute atomic E-state index is 14.4. The summed E-state index contributed by atoms with van der Waals surface area (Å²) in [5.74, 6) is -3.94. The molecule has 2 heterocycles. The van der Waals surface area contributed by atoms with E-state index in [0.29, 0.717) is 46.0 Å². The van der Waals surface area contributed by atoms with Crippen LogP contribution in [0.15, 0.2) is 58.1 Å². The van der Waals surface area contributed by atoms with Crippen molar-refractivity contribution in [2.75, 3.05) is 17.2 Å². The first-order chi connectivity index (χ1) is 25.5. The smallest absolute Gasteiger partial charge is 0.375 e. The van der Waals surface area contributed by atoms with Gasteiger partial charge in [-0.3, -0.25) is 24.3 Å². The molecule has 0 bridgehead atoms. The van der Waals surface area contributed by atoms with Crippen LogP contribution in [0.4, 0.5) is 40.3 Å². The van der Waals surface area contributed by atoms with Gasteiger partial charge in [-0.25, -0.2) is 17.6 Å². The fourth-order valence-corrected chi connectivity index (χ4v) is 6.97. The Hall–Kier alpha value is -6.58. The van der Waals surface area contributed by atoms with Gasteiger partial charge in [0.05, 0.1) is 27.3 Å². The number of nitrogens with two attached hydrogens (primary N) is 3. The van der Waals surface area contributed by atoms with Crippen molar-refractivity contribution in [2.24, 2.45) is 0 Å². The molecule has 16 heteroatoms. The Bertz CT molecular complexity index is 2740. The molecule has 54 heavy (non-hydrogen) atoms. The summed E-state index contributed by atoms with van der Waals surface area (Å²) < 4.78 is 59.5. The maximum atomic E-state index is 14.4. The minimum Gasteiger partial charge on any atom is -0.505 e. The number of nitrogen functional groups attached to an aromatic ring is 3. The number of rotatable bonds is 5. The Balaban J connectivity index is 0.000000167. The van der Waals surface area contributed by atoms with Gasteiger partial charge in [0.2, 0.25) is 5.75 Å². The van der Waals surface area contributed by atoms with Crippen molar-refractivity contribution in [3.8, 4) is 33.8 Å². The molecule has 6 aromatic rings. The number of hydrogen-bond donors (Lipinski definition) is 5. The van der Waals surface area contributed by atoms with E-state index < -0.39 is 50.7 Å². The molecule has 0 radical (unpaired) electrons. The highest BCUT2D eigenvalue weighted by Gasteiger charge is 2.34. The lowest BCUT2D eigenvalue weighted by Gasteiger charge is -2.18. The minimum absolute atomic E-state index is 0.00477. The number of halogens is 4. The average molecular weight is 745 g/mol. The van der Waals surface area contributed by atoms with Gasteiger partial charge in [-0.2, -0.15) is 0 Å². The summed E-state index contributed by atoms with van der Waals surface area (Å²) in [5, 5.41) is 32.5. The lowest BCUT2D eigenvalue weighted by molar-refractivity contribution is -0.387. The number of anilines is 3. The monoisotopic (exact) mass is 744 g/mol. The van der Waals surface area contributed by atoms with Crippen molar-refractivity contribution in [2.45, 2.75) is 51.6 Å². The highest BCUT2D eigenvalue weighted by atomic mass is 19.1. The first-order valence-corrected chi connectivity index (χ1v) is 16.7. The second kappa shape index (κ2) is 12.8. The molecule has 0 unspecified atom stereocenters. The van der Waals surface area contributed by atoms with Gasteiger partial charge < -0.3 is 32.0 Å². The van der Waals surface area contributed by atoms with Gasteiger partial charge in [0.25, 0.3) is 5.56 Å². The first kappa shape index (κ1) is 35.8. The molecule has 8 rings (SSSR count). The quantitative estimate of drug-likeness (QED) is 0.0521. The molecule has 2 aliphatic rings. The highest BCUT2D eigenvalue weighted by molar-refractivity contribution is 5.97. The van der Waals surface area contributed by atoms with E-state index in [2.05, 4.69) is 0 Å². The molecule has 8 N–H and O–H groups in total. The molecule has 2 saturated carbocycles. The number of hydrogen-bond acceptors (Lipinski definition) is 9. The van der Waals surface area contributed by atoms with Gasteiger partial charge in [-0.1, -0.05) is 12.1 Å². The number of aryl methyl sites for hydroxylation is 2. The van der Waals surface area contributed by atoms with E-state index in [1.807, 2.05) is 0 Å². The van der Waals surface area contributed by atoms with Crippen LogP contribution >= 0.6 is 0 Å². The molecule has 4 aromatic carbocycles. The average Bonchev–Trinajstić information content (AvgIpc) is 4.05. The number of aromatic nitrogens is 2. The van der Waals surface area contributed by atoms with E-state index in [0.717, 1.165) is 37.1 Å². The van der Waals surface area contributed by atoms with Crippen LogP contribution < -0.4 is 28.3 Å². The van der Waals surface area contributed by atoms with Crippen LogP contribution in [0, 0.1) is 47.2 Å². The predicted molar refractivity (Wildman–Crippen MR) is 196 cm³/mol. The third-order valence-electron chi connectivity index (χ3n) is 9.96. The molecule has 0 saturated heterocycles. The number of aromatic hydroxyl groups is 2. The third kappa shape index (κ3) is 5.70. The Morgan fingerprint density at radius 2 is 1.06 bits per heavy atom. The Morgan fingerprint density at radius 1 is 0.648 bits per heavy atom. The van der Waals surface area contributed by atoms with Gasteiger partial charge in [0.15, 0.2) is 5.75 Å². The molecule has 0 spiro atoms. The SMILES string of the molecule is Cc1c(-c2cc(F)c(N)cc2F)ccc2c(O)c(N)c(=O)n(C3CC3)c12.Cc1c(-c2cc(F)c(N)cc2F)ccc2c(O)c([N+](=O)[O-])c(=O)n(C3CC3)c12. The van der Waals surface area contributed by atoms with Gasteiger partial charge >= 0.3 is 11.2 Å². The zero-order chi connectivity index (χ0) is 39.1. The van der Waals surface area contributed by atoms with Crippen LogP contribution in [-0.2, 0) is 0 Å². The van der Waals surface area contributed by atoms with Crippen LogP contribution in [0.2, 0.25) is 0 Å². The summed E-state index contributed by atoms with van der Waals surface area (Å²) in [6, 6.07) is 9.49. The van der Waals surface area contributed by atoms with Gasteiger partial charge in [0, 0.05) is 46.1 Å². The minimum atomic E-state index is -0.915. The van der Waals surface area contributed by atoms with Gasteiger partial charge in [-0.05, 0) is 86.1 Å². The second-order valence-electron chi connectivity index (χ2n) is 13.5.